The van der Waals surface area contributed by atoms with Crippen LogP contribution in [0.15, 0.2) is 28.8 Å². The number of halogens is 6. The molecule has 2 aromatic rings. The van der Waals surface area contributed by atoms with Crippen molar-refractivity contribution in [2.45, 2.75) is 32.2 Å². The normalized spacial score (nSPS) is 19.5. The number of carbonyl (C=O) groups excluding carboxylic acids is 1. The molecule has 1 aliphatic rings. The van der Waals surface area contributed by atoms with Crippen LogP contribution in [0.1, 0.15) is 24.8 Å². The van der Waals surface area contributed by atoms with E-state index >= 15 is 0 Å². The molecule has 0 N–H and O–H groups in total. The number of carbonyl (C=O) groups is 1. The van der Waals surface area contributed by atoms with Crippen molar-refractivity contribution in [3.8, 4) is 11.4 Å². The van der Waals surface area contributed by atoms with Crippen molar-refractivity contribution >= 4 is 5.91 Å². The van der Waals surface area contributed by atoms with E-state index in [0.29, 0.717) is 12.0 Å². The summed E-state index contributed by atoms with van der Waals surface area (Å²) in [5.41, 5.74) is 0.599. The summed E-state index contributed by atoms with van der Waals surface area (Å²) in [5, 5.41) is 3.24. The monoisotopic (exact) mass is 407 g/mol. The second-order valence-electron chi connectivity index (χ2n) is 6.75. The summed E-state index contributed by atoms with van der Waals surface area (Å²) in [6.07, 6.45) is -8.75. The van der Waals surface area contributed by atoms with E-state index < -0.39 is 36.6 Å². The predicted molar refractivity (Wildman–Crippen MR) is 83.5 cm³/mol. The van der Waals surface area contributed by atoms with Crippen molar-refractivity contribution in [2.75, 3.05) is 6.54 Å². The molecule has 28 heavy (non-hydrogen) atoms. The van der Waals surface area contributed by atoms with E-state index in [1.165, 1.54) is 24.3 Å². The molecule has 1 aliphatic carbocycles. The van der Waals surface area contributed by atoms with Crippen molar-refractivity contribution in [3.05, 3.63) is 35.7 Å². The first-order valence-corrected chi connectivity index (χ1v) is 8.30. The summed E-state index contributed by atoms with van der Waals surface area (Å²) in [4.78, 5) is 16.3. The Morgan fingerprint density at radius 3 is 2.25 bits per heavy atom. The molecule has 0 bridgehead atoms. The topological polar surface area (TPSA) is 59.2 Å². The first-order valence-electron chi connectivity index (χ1n) is 8.30. The molecule has 152 valence electrons. The fraction of sp³-hybridized carbons (Fsp3) is 0.471. The number of hydrogen-bond acceptors (Lipinski definition) is 4. The number of nitrogens with zero attached hydrogens (tertiary/aromatic N) is 3. The Morgan fingerprint density at radius 1 is 1.18 bits per heavy atom. The molecule has 0 saturated heterocycles. The van der Waals surface area contributed by atoms with E-state index in [0.717, 1.165) is 4.90 Å². The van der Waals surface area contributed by atoms with E-state index in [9.17, 15) is 31.1 Å². The van der Waals surface area contributed by atoms with Crippen molar-refractivity contribution in [1.82, 2.24) is 15.0 Å². The molecule has 11 heteroatoms. The van der Waals surface area contributed by atoms with Crippen molar-refractivity contribution in [2.24, 2.45) is 11.8 Å². The van der Waals surface area contributed by atoms with Gasteiger partial charge in [-0.3, -0.25) is 4.79 Å². The van der Waals surface area contributed by atoms with Gasteiger partial charge in [0.05, 0.1) is 0 Å². The molecule has 2 atom stereocenters. The van der Waals surface area contributed by atoms with Crippen LogP contribution in [-0.2, 0) is 17.5 Å². The van der Waals surface area contributed by atoms with Crippen LogP contribution in [0.3, 0.4) is 0 Å². The smallest absolute Gasteiger partial charge is 0.329 e. The largest absolute Gasteiger partial charge is 0.471 e. The first-order chi connectivity index (χ1) is 12.9. The van der Waals surface area contributed by atoms with Gasteiger partial charge in [0.2, 0.25) is 11.7 Å². The number of hydrogen-bond donors (Lipinski definition) is 0. The maximum Gasteiger partial charge on any atom is 0.471 e. The van der Waals surface area contributed by atoms with Gasteiger partial charge in [-0.2, -0.15) is 31.3 Å². The standard InChI is InChI=1S/C17H15F6N3O2/c1-9-6-12(9)14(27)26(8-16(18,19)20)7-10-2-4-11(5-3-10)13-24-15(28-25-13)17(21,22)23/h2-5,9,12H,6-8H2,1H3. The second kappa shape index (κ2) is 7.10. The predicted octanol–water partition coefficient (Wildman–Crippen LogP) is 4.30. The van der Waals surface area contributed by atoms with Crippen LogP contribution in [-0.4, -0.2) is 33.7 Å². The van der Waals surface area contributed by atoms with Crippen LogP contribution >= 0.6 is 0 Å². The molecule has 1 saturated carbocycles. The summed E-state index contributed by atoms with van der Waals surface area (Å²) < 4.78 is 80.1. The van der Waals surface area contributed by atoms with Crippen LogP contribution in [0.5, 0.6) is 0 Å². The Morgan fingerprint density at radius 2 is 1.79 bits per heavy atom. The van der Waals surface area contributed by atoms with Crippen LogP contribution < -0.4 is 0 Å². The Hall–Kier alpha value is -2.59. The summed E-state index contributed by atoms with van der Waals surface area (Å²) in [6.45, 7) is 0.168. The van der Waals surface area contributed by atoms with Gasteiger partial charge in [-0.1, -0.05) is 36.3 Å². The van der Waals surface area contributed by atoms with E-state index in [1.54, 1.807) is 6.92 Å². The van der Waals surface area contributed by atoms with Gasteiger partial charge in [-0.15, -0.1) is 0 Å². The molecular formula is C17H15F6N3O2. The molecule has 3 rings (SSSR count). The molecule has 0 radical (unpaired) electrons. The Balaban J connectivity index is 1.74. The summed E-state index contributed by atoms with van der Waals surface area (Å²) in [6, 6.07) is 5.53. The Kier molecular flexibility index (Phi) is 5.11. The highest BCUT2D eigenvalue weighted by Gasteiger charge is 2.44. The molecule has 1 amide bonds. The maximum atomic E-state index is 12.8. The summed E-state index contributed by atoms with van der Waals surface area (Å²) in [7, 11) is 0. The van der Waals surface area contributed by atoms with Gasteiger partial charge < -0.3 is 9.42 Å². The Labute approximate surface area is 155 Å². The van der Waals surface area contributed by atoms with E-state index in [4.69, 9.17) is 0 Å². The lowest BCUT2D eigenvalue weighted by atomic mass is 10.1. The fourth-order valence-electron chi connectivity index (χ4n) is 2.76. The van der Waals surface area contributed by atoms with Gasteiger partial charge in [0.15, 0.2) is 0 Å². The first kappa shape index (κ1) is 20.2. The minimum Gasteiger partial charge on any atom is -0.329 e. The molecule has 0 spiro atoms. The van der Waals surface area contributed by atoms with E-state index in [2.05, 4.69) is 14.7 Å². The lowest BCUT2D eigenvalue weighted by molar-refractivity contribution is -0.163. The summed E-state index contributed by atoms with van der Waals surface area (Å²) in [5.74, 6) is -2.68. The minimum atomic E-state index is -4.77. The molecular weight excluding hydrogens is 392 g/mol. The molecule has 1 fully saturated rings. The Bertz CT molecular complexity index is 844. The van der Waals surface area contributed by atoms with Gasteiger partial charge in [0.25, 0.3) is 0 Å². The summed E-state index contributed by atoms with van der Waals surface area (Å²) >= 11 is 0. The maximum absolute atomic E-state index is 12.8. The zero-order valence-electron chi connectivity index (χ0n) is 14.5. The van der Waals surface area contributed by atoms with Gasteiger partial charge in [-0.05, 0) is 17.9 Å². The number of aromatic nitrogens is 2. The third-order valence-corrected chi connectivity index (χ3v) is 4.36. The van der Waals surface area contributed by atoms with E-state index in [-0.39, 0.29) is 23.9 Å². The van der Waals surface area contributed by atoms with Crippen LogP contribution in [0, 0.1) is 11.8 Å². The number of alkyl halides is 6. The zero-order chi connectivity index (χ0) is 20.7. The van der Waals surface area contributed by atoms with Crippen molar-refractivity contribution in [1.29, 1.82) is 0 Å². The minimum absolute atomic E-state index is 0.0617. The van der Waals surface area contributed by atoms with Crippen LogP contribution in [0.2, 0.25) is 0 Å². The van der Waals surface area contributed by atoms with Gasteiger partial charge in [-0.25, -0.2) is 0 Å². The van der Waals surface area contributed by atoms with Crippen molar-refractivity contribution in [3.63, 3.8) is 0 Å². The highest BCUT2D eigenvalue weighted by molar-refractivity contribution is 5.81. The number of rotatable bonds is 5. The van der Waals surface area contributed by atoms with Gasteiger partial charge in [0.1, 0.15) is 6.54 Å². The zero-order valence-corrected chi connectivity index (χ0v) is 14.5. The lowest BCUT2D eigenvalue weighted by Crippen LogP contribution is -2.39. The van der Waals surface area contributed by atoms with Gasteiger partial charge in [0, 0.05) is 18.0 Å². The molecule has 5 nitrogen and oxygen atoms in total. The average molecular weight is 407 g/mol. The molecule has 1 heterocycles. The molecule has 2 unspecified atom stereocenters. The SMILES string of the molecule is CC1CC1C(=O)N(Cc1ccc(-c2noc(C(F)(F)F)n2)cc1)CC(F)(F)F. The van der Waals surface area contributed by atoms with Crippen LogP contribution in [0.4, 0.5) is 26.3 Å². The van der Waals surface area contributed by atoms with Crippen LogP contribution in [0.25, 0.3) is 11.4 Å². The lowest BCUT2D eigenvalue weighted by Gasteiger charge is -2.24. The molecule has 0 aliphatic heterocycles. The highest BCUT2D eigenvalue weighted by Crippen LogP contribution is 2.40. The highest BCUT2D eigenvalue weighted by atomic mass is 19.4. The van der Waals surface area contributed by atoms with Gasteiger partial charge >= 0.3 is 18.2 Å². The number of benzene rings is 1. The third-order valence-electron chi connectivity index (χ3n) is 4.36. The van der Waals surface area contributed by atoms with E-state index in [1.807, 2.05) is 0 Å². The fourth-order valence-corrected chi connectivity index (χ4v) is 2.76. The van der Waals surface area contributed by atoms with Crippen molar-refractivity contribution < 1.29 is 35.7 Å². The quantitative estimate of drug-likeness (QED) is 0.694. The third kappa shape index (κ3) is 4.82. The number of amides is 1. The second-order valence-corrected chi connectivity index (χ2v) is 6.75. The molecule has 1 aromatic heterocycles. The molecule has 1 aromatic carbocycles. The average Bonchev–Trinajstić information content (AvgIpc) is 3.09.